The molecule has 7 nitrogen and oxygen atoms in total. The van der Waals surface area contributed by atoms with E-state index in [1.165, 1.54) is 12.4 Å². The van der Waals surface area contributed by atoms with Gasteiger partial charge < -0.3 is 13.9 Å². The van der Waals surface area contributed by atoms with Crippen LogP contribution in [-0.4, -0.2) is 38.4 Å². The van der Waals surface area contributed by atoms with Crippen molar-refractivity contribution in [2.45, 2.75) is 18.9 Å². The van der Waals surface area contributed by atoms with Gasteiger partial charge in [-0.2, -0.15) is 0 Å². The second kappa shape index (κ2) is 6.19. The molecule has 3 aromatic heterocycles. The largest absolute Gasteiger partial charge is 0.464 e. The summed E-state index contributed by atoms with van der Waals surface area (Å²) in [4.78, 5) is 35.3. The Bertz CT molecular complexity index is 1040. The van der Waals surface area contributed by atoms with Gasteiger partial charge in [0, 0.05) is 55.3 Å². The topological polar surface area (TPSA) is 81.2 Å². The van der Waals surface area contributed by atoms with Crippen LogP contribution in [0.3, 0.4) is 0 Å². The van der Waals surface area contributed by atoms with Crippen molar-refractivity contribution in [3.63, 3.8) is 0 Å². The van der Waals surface area contributed by atoms with Gasteiger partial charge in [-0.1, -0.05) is 0 Å². The molecule has 2 bridgehead atoms. The molecule has 0 aromatic carbocycles. The Morgan fingerprint density at radius 3 is 2.85 bits per heavy atom. The van der Waals surface area contributed by atoms with Crippen molar-refractivity contribution >= 4 is 5.91 Å². The normalized spacial score (nSPS) is 21.0. The molecule has 0 aliphatic carbocycles. The van der Waals surface area contributed by atoms with Crippen LogP contribution < -0.4 is 5.56 Å². The van der Waals surface area contributed by atoms with Crippen molar-refractivity contribution < 1.29 is 9.21 Å². The van der Waals surface area contributed by atoms with Gasteiger partial charge in [0.15, 0.2) is 0 Å². The third-order valence-corrected chi connectivity index (χ3v) is 5.45. The molecule has 1 saturated heterocycles. The number of nitrogens with zero attached hydrogens (tertiary/aromatic N) is 4. The molecular formula is C20H18N4O3. The lowest BCUT2D eigenvalue weighted by Crippen LogP contribution is -2.49. The Labute approximate surface area is 155 Å². The van der Waals surface area contributed by atoms with Crippen molar-refractivity contribution in [3.8, 4) is 11.3 Å². The minimum Gasteiger partial charge on any atom is -0.464 e. The third kappa shape index (κ3) is 2.66. The fraction of sp³-hybridized carbons (Fsp3) is 0.300. The highest BCUT2D eigenvalue weighted by Crippen LogP contribution is 2.40. The van der Waals surface area contributed by atoms with E-state index in [9.17, 15) is 9.59 Å². The lowest BCUT2D eigenvalue weighted by Gasteiger charge is -2.43. The number of amides is 1. The number of hydrogen-bond donors (Lipinski definition) is 0. The lowest BCUT2D eigenvalue weighted by molar-refractivity contribution is 0.0589. The van der Waals surface area contributed by atoms with Crippen LogP contribution in [0, 0.1) is 5.92 Å². The van der Waals surface area contributed by atoms with Crippen LogP contribution in [0.1, 0.15) is 28.5 Å². The predicted molar refractivity (Wildman–Crippen MR) is 97.2 cm³/mol. The first-order chi connectivity index (χ1) is 13.2. The summed E-state index contributed by atoms with van der Waals surface area (Å²) in [7, 11) is 0. The fourth-order valence-electron chi connectivity index (χ4n) is 4.39. The maximum absolute atomic E-state index is 12.9. The molecule has 136 valence electrons. The fourth-order valence-corrected chi connectivity index (χ4v) is 4.39. The molecule has 0 N–H and O–H groups in total. The highest BCUT2D eigenvalue weighted by Gasteiger charge is 2.38. The van der Waals surface area contributed by atoms with Crippen molar-refractivity contribution in [2.24, 2.45) is 5.92 Å². The average Bonchev–Trinajstić information content (AvgIpc) is 3.23. The van der Waals surface area contributed by atoms with E-state index < -0.39 is 0 Å². The Morgan fingerprint density at radius 2 is 2.07 bits per heavy atom. The zero-order chi connectivity index (χ0) is 18.4. The van der Waals surface area contributed by atoms with Gasteiger partial charge in [0.2, 0.25) is 0 Å². The Hall–Kier alpha value is -3.22. The molecule has 0 unspecified atom stereocenters. The molecule has 1 amide bonds. The van der Waals surface area contributed by atoms with Crippen LogP contribution >= 0.6 is 0 Å². The van der Waals surface area contributed by atoms with Crippen LogP contribution in [-0.2, 0) is 6.54 Å². The molecule has 0 spiro atoms. The van der Waals surface area contributed by atoms with Crippen LogP contribution in [0.15, 0.2) is 58.3 Å². The number of piperidine rings is 1. The molecule has 2 atom stereocenters. The van der Waals surface area contributed by atoms with Crippen LogP contribution in [0.2, 0.25) is 0 Å². The minimum absolute atomic E-state index is 0.00343. The second-order valence-corrected chi connectivity index (χ2v) is 7.16. The molecule has 5 rings (SSSR count). The summed E-state index contributed by atoms with van der Waals surface area (Å²) < 4.78 is 7.45. The van der Waals surface area contributed by atoms with Gasteiger partial charge >= 0.3 is 0 Å². The van der Waals surface area contributed by atoms with Gasteiger partial charge in [-0.05, 0) is 30.5 Å². The van der Waals surface area contributed by atoms with E-state index in [0.717, 1.165) is 23.4 Å². The van der Waals surface area contributed by atoms with Crippen molar-refractivity contribution in [2.75, 3.05) is 13.1 Å². The zero-order valence-electron chi connectivity index (χ0n) is 14.6. The number of furan rings is 1. The molecule has 27 heavy (non-hydrogen) atoms. The molecular weight excluding hydrogens is 344 g/mol. The third-order valence-electron chi connectivity index (χ3n) is 5.45. The average molecular weight is 362 g/mol. The maximum atomic E-state index is 12.9. The standard InChI is InChI=1S/C20H18N4O3/c25-18-4-3-15(17-2-1-7-27-17)19-14-8-13(11-24(18)19)10-23(12-14)20(26)16-9-21-5-6-22-16/h1-7,9,13-14H,8,10-12H2/t13-,14-/m0/s1. The monoisotopic (exact) mass is 362 g/mol. The van der Waals surface area contributed by atoms with Crippen molar-refractivity contribution in [1.29, 1.82) is 0 Å². The van der Waals surface area contributed by atoms with E-state index >= 15 is 0 Å². The van der Waals surface area contributed by atoms with E-state index in [0.29, 0.717) is 25.3 Å². The first-order valence-corrected chi connectivity index (χ1v) is 9.03. The van der Waals surface area contributed by atoms with E-state index in [4.69, 9.17) is 4.42 Å². The smallest absolute Gasteiger partial charge is 0.274 e. The van der Waals surface area contributed by atoms with Gasteiger partial charge in [0.25, 0.3) is 11.5 Å². The van der Waals surface area contributed by atoms with E-state index in [1.54, 1.807) is 18.5 Å². The molecule has 5 heterocycles. The molecule has 2 aliphatic rings. The van der Waals surface area contributed by atoms with E-state index in [1.807, 2.05) is 27.7 Å². The van der Waals surface area contributed by atoms with Gasteiger partial charge in [0.1, 0.15) is 11.5 Å². The summed E-state index contributed by atoms with van der Waals surface area (Å²) in [5.74, 6) is 0.979. The highest BCUT2D eigenvalue weighted by molar-refractivity contribution is 5.92. The molecule has 0 radical (unpaired) electrons. The molecule has 2 aliphatic heterocycles. The number of aromatic nitrogens is 3. The number of pyridine rings is 1. The van der Waals surface area contributed by atoms with E-state index in [2.05, 4.69) is 9.97 Å². The van der Waals surface area contributed by atoms with Gasteiger partial charge in [-0.15, -0.1) is 0 Å². The SMILES string of the molecule is O=C(c1cnccn1)N1C[C@@H]2C[C@@H](C1)c1c(-c3ccco3)ccc(=O)n1C2. The van der Waals surface area contributed by atoms with Crippen LogP contribution in [0.25, 0.3) is 11.3 Å². The Morgan fingerprint density at radius 1 is 1.15 bits per heavy atom. The Kier molecular flexibility index (Phi) is 3.67. The first kappa shape index (κ1) is 16.0. The van der Waals surface area contributed by atoms with Crippen LogP contribution in [0.4, 0.5) is 0 Å². The highest BCUT2D eigenvalue weighted by atomic mass is 16.3. The summed E-state index contributed by atoms with van der Waals surface area (Å²) in [6, 6.07) is 7.17. The Balaban J connectivity index is 1.54. The molecule has 1 fully saturated rings. The lowest BCUT2D eigenvalue weighted by atomic mass is 9.81. The summed E-state index contributed by atoms with van der Waals surface area (Å²) in [5.41, 5.74) is 2.25. The molecule has 7 heteroatoms. The first-order valence-electron chi connectivity index (χ1n) is 9.03. The number of carbonyl (C=O) groups excluding carboxylic acids is 1. The summed E-state index contributed by atoms with van der Waals surface area (Å²) in [6.45, 7) is 1.80. The predicted octanol–water partition coefficient (Wildman–Crippen LogP) is 2.16. The van der Waals surface area contributed by atoms with Crippen molar-refractivity contribution in [1.82, 2.24) is 19.4 Å². The number of rotatable bonds is 2. The minimum atomic E-state index is -0.107. The summed E-state index contributed by atoms with van der Waals surface area (Å²) in [5, 5.41) is 0. The van der Waals surface area contributed by atoms with Gasteiger partial charge in [-0.25, -0.2) is 4.98 Å². The van der Waals surface area contributed by atoms with E-state index in [-0.39, 0.29) is 23.3 Å². The number of fused-ring (bicyclic) bond motifs is 4. The number of carbonyl (C=O) groups is 1. The molecule has 0 saturated carbocycles. The maximum Gasteiger partial charge on any atom is 0.274 e. The zero-order valence-corrected chi connectivity index (χ0v) is 14.6. The second-order valence-electron chi connectivity index (χ2n) is 7.16. The quantitative estimate of drug-likeness (QED) is 0.698. The summed E-state index contributed by atoms with van der Waals surface area (Å²) in [6.07, 6.45) is 7.18. The van der Waals surface area contributed by atoms with Crippen molar-refractivity contribution in [3.05, 3.63) is 70.9 Å². The number of hydrogen-bond acceptors (Lipinski definition) is 5. The number of likely N-dealkylation sites (tertiary alicyclic amines) is 1. The van der Waals surface area contributed by atoms with Gasteiger partial charge in [-0.3, -0.25) is 14.6 Å². The van der Waals surface area contributed by atoms with Crippen LogP contribution in [0.5, 0.6) is 0 Å². The van der Waals surface area contributed by atoms with Gasteiger partial charge in [0.05, 0.1) is 12.5 Å². The summed E-state index contributed by atoms with van der Waals surface area (Å²) >= 11 is 0. The molecule has 3 aromatic rings.